The van der Waals surface area contributed by atoms with Crippen LogP contribution >= 0.6 is 7.82 Å². The molecule has 1 aromatic carbocycles. The van der Waals surface area contributed by atoms with E-state index in [4.69, 9.17) is 24.0 Å². The number of halogens is 1. The van der Waals surface area contributed by atoms with Gasteiger partial charge in [0.25, 0.3) is 0 Å². The lowest BCUT2D eigenvalue weighted by Crippen LogP contribution is -2.36. The van der Waals surface area contributed by atoms with E-state index in [2.05, 4.69) is 4.98 Å². The van der Waals surface area contributed by atoms with Crippen LogP contribution in [0.1, 0.15) is 24.3 Å². The number of ether oxygens (including phenoxy) is 1. The van der Waals surface area contributed by atoms with Crippen molar-refractivity contribution in [1.82, 2.24) is 9.55 Å². The standard InChI is InChI=1S/C18H21FN3O8P/c19-11-3-1-10(2-4-11)12-6-8-27-31(26,30-12)28-9-13-15(23)16(24)17(29-13)22-7-5-14(20)21-18(22)25/h1-5,7,12-13,15-17,23-24H,6,8-9H2,(H2,20,21,25)/t12-,13+,15+,16-,17+,31+/m0/s1. The van der Waals surface area contributed by atoms with Crippen LogP contribution in [0.25, 0.3) is 0 Å². The molecular formula is C18H21FN3O8P. The van der Waals surface area contributed by atoms with Crippen molar-refractivity contribution in [3.05, 3.63) is 58.4 Å². The zero-order valence-corrected chi connectivity index (χ0v) is 17.0. The number of nitrogens with two attached hydrogens (primary N) is 1. The normalized spacial score (nSPS) is 33.5. The first-order chi connectivity index (χ1) is 14.8. The number of aliphatic hydroxyl groups excluding tert-OH is 2. The van der Waals surface area contributed by atoms with Gasteiger partial charge in [0.2, 0.25) is 0 Å². The van der Waals surface area contributed by atoms with E-state index < -0.39 is 56.6 Å². The molecule has 4 rings (SSSR count). The minimum atomic E-state index is -4.02. The van der Waals surface area contributed by atoms with E-state index in [0.29, 0.717) is 12.0 Å². The molecular weight excluding hydrogens is 436 g/mol. The summed E-state index contributed by atoms with van der Waals surface area (Å²) in [6.07, 6.45) is -4.27. The van der Waals surface area contributed by atoms with Crippen molar-refractivity contribution < 1.29 is 37.5 Å². The number of nitrogens with zero attached hydrogens (tertiary/aromatic N) is 2. The molecule has 1 aromatic heterocycles. The Kier molecular flexibility index (Phi) is 6.22. The summed E-state index contributed by atoms with van der Waals surface area (Å²) in [4.78, 5) is 15.5. The maximum atomic E-state index is 13.1. The van der Waals surface area contributed by atoms with Crippen LogP contribution in [0.3, 0.4) is 0 Å². The zero-order valence-electron chi connectivity index (χ0n) is 16.1. The van der Waals surface area contributed by atoms with Crippen LogP contribution in [0.5, 0.6) is 0 Å². The van der Waals surface area contributed by atoms with Crippen molar-refractivity contribution >= 4 is 13.6 Å². The average molecular weight is 457 g/mol. The molecule has 0 bridgehead atoms. The lowest BCUT2D eigenvalue weighted by molar-refractivity contribution is -0.0609. The summed E-state index contributed by atoms with van der Waals surface area (Å²) in [7, 11) is -4.02. The van der Waals surface area contributed by atoms with E-state index in [1.165, 1.54) is 36.5 Å². The molecule has 11 nitrogen and oxygen atoms in total. The molecule has 31 heavy (non-hydrogen) atoms. The Bertz CT molecular complexity index is 1040. The zero-order chi connectivity index (χ0) is 22.2. The molecule has 6 atom stereocenters. The number of hydrogen-bond acceptors (Lipinski definition) is 10. The Hall–Kier alpha value is -2.18. The second-order valence-corrected chi connectivity index (χ2v) is 8.72. The number of phosphoric acid groups is 1. The summed E-state index contributed by atoms with van der Waals surface area (Å²) in [5.41, 5.74) is 5.28. The third kappa shape index (κ3) is 4.70. The molecule has 4 N–H and O–H groups in total. The van der Waals surface area contributed by atoms with E-state index in [9.17, 15) is 24.0 Å². The van der Waals surface area contributed by atoms with Gasteiger partial charge in [0.1, 0.15) is 29.9 Å². The van der Waals surface area contributed by atoms with E-state index >= 15 is 0 Å². The van der Waals surface area contributed by atoms with Crippen molar-refractivity contribution in [2.75, 3.05) is 18.9 Å². The van der Waals surface area contributed by atoms with E-state index in [1.807, 2.05) is 0 Å². The molecule has 0 aliphatic carbocycles. The topological polar surface area (TPSA) is 155 Å². The van der Waals surface area contributed by atoms with Gasteiger partial charge in [-0.2, -0.15) is 4.98 Å². The number of nitrogen functional groups attached to an aromatic ring is 1. The Labute approximate surface area is 175 Å². The summed E-state index contributed by atoms with van der Waals surface area (Å²) in [6, 6.07) is 6.89. The molecule has 2 aliphatic heterocycles. The van der Waals surface area contributed by atoms with Gasteiger partial charge in [-0.3, -0.25) is 18.1 Å². The average Bonchev–Trinajstić information content (AvgIpc) is 3.01. The van der Waals surface area contributed by atoms with Gasteiger partial charge in [-0.05, 0) is 23.8 Å². The highest BCUT2D eigenvalue weighted by molar-refractivity contribution is 7.48. The predicted molar refractivity (Wildman–Crippen MR) is 103 cm³/mol. The number of rotatable bonds is 5. The first kappa shape index (κ1) is 22.0. The highest BCUT2D eigenvalue weighted by Gasteiger charge is 2.46. The SMILES string of the molecule is Nc1ccn([C@@H]2O[C@H](CO[P@@]3(=O)OCC[C@@H](c4ccc(F)cc4)O3)[C@@H](O)[C@@H]2O)c(=O)n1. The minimum absolute atomic E-state index is 0.00503. The molecule has 13 heteroatoms. The second-order valence-electron chi connectivity index (χ2n) is 7.10. The first-order valence-electron chi connectivity index (χ1n) is 9.45. The van der Waals surface area contributed by atoms with E-state index in [0.717, 1.165) is 4.57 Å². The summed E-state index contributed by atoms with van der Waals surface area (Å²) in [5, 5.41) is 20.6. The van der Waals surface area contributed by atoms with Crippen LogP contribution in [0.4, 0.5) is 10.2 Å². The van der Waals surface area contributed by atoms with Gasteiger partial charge >= 0.3 is 13.5 Å². The number of anilines is 1. The first-order valence-corrected chi connectivity index (χ1v) is 10.9. The van der Waals surface area contributed by atoms with Gasteiger partial charge in [0, 0.05) is 12.6 Å². The predicted octanol–water partition coefficient (Wildman–Crippen LogP) is 0.887. The van der Waals surface area contributed by atoms with Crippen LogP contribution in [0, 0.1) is 5.82 Å². The lowest BCUT2D eigenvalue weighted by atomic mass is 10.1. The highest BCUT2D eigenvalue weighted by Crippen LogP contribution is 2.57. The molecule has 2 aromatic rings. The Balaban J connectivity index is 1.41. The molecule has 2 aliphatic rings. The third-order valence-electron chi connectivity index (χ3n) is 4.99. The quantitative estimate of drug-likeness (QED) is 0.551. The van der Waals surface area contributed by atoms with Gasteiger partial charge in [0.15, 0.2) is 6.23 Å². The third-order valence-corrected chi connectivity index (χ3v) is 6.46. The van der Waals surface area contributed by atoms with Crippen molar-refractivity contribution in [2.24, 2.45) is 0 Å². The number of phosphoric ester groups is 1. The van der Waals surface area contributed by atoms with Crippen LogP contribution < -0.4 is 11.4 Å². The van der Waals surface area contributed by atoms with Crippen LogP contribution in [0.15, 0.2) is 41.3 Å². The van der Waals surface area contributed by atoms with Crippen LogP contribution in [-0.2, 0) is 22.9 Å². The Morgan fingerprint density at radius 2 is 2.00 bits per heavy atom. The fourth-order valence-corrected chi connectivity index (χ4v) is 4.76. The van der Waals surface area contributed by atoms with Crippen molar-refractivity contribution in [3.8, 4) is 0 Å². The minimum Gasteiger partial charge on any atom is -0.387 e. The van der Waals surface area contributed by atoms with Gasteiger partial charge in [-0.25, -0.2) is 13.8 Å². The van der Waals surface area contributed by atoms with E-state index in [1.54, 1.807) is 0 Å². The van der Waals surface area contributed by atoms with Gasteiger partial charge in [-0.1, -0.05) is 12.1 Å². The number of aromatic nitrogens is 2. The summed E-state index contributed by atoms with van der Waals surface area (Å²) < 4.78 is 48.4. The molecule has 2 fully saturated rings. The fourth-order valence-electron chi connectivity index (χ4n) is 3.36. The largest absolute Gasteiger partial charge is 0.475 e. The molecule has 0 amide bonds. The smallest absolute Gasteiger partial charge is 0.387 e. The van der Waals surface area contributed by atoms with Gasteiger partial charge in [-0.15, -0.1) is 0 Å². The van der Waals surface area contributed by atoms with Crippen molar-refractivity contribution in [1.29, 1.82) is 0 Å². The lowest BCUT2D eigenvalue weighted by Gasteiger charge is -2.29. The molecule has 0 saturated carbocycles. The van der Waals surface area contributed by atoms with Crippen molar-refractivity contribution in [2.45, 2.75) is 37.1 Å². The number of aliphatic hydroxyl groups is 2. The summed E-state index contributed by atoms with van der Waals surface area (Å²) in [5.74, 6) is -0.416. The molecule has 0 radical (unpaired) electrons. The van der Waals surface area contributed by atoms with Crippen LogP contribution in [0.2, 0.25) is 0 Å². The summed E-state index contributed by atoms with van der Waals surface area (Å²) >= 11 is 0. The highest BCUT2D eigenvalue weighted by atomic mass is 31.2. The van der Waals surface area contributed by atoms with Gasteiger partial charge in [0.05, 0.1) is 19.3 Å². The number of hydrogen-bond donors (Lipinski definition) is 3. The Morgan fingerprint density at radius 3 is 2.71 bits per heavy atom. The van der Waals surface area contributed by atoms with Crippen LogP contribution in [-0.4, -0.2) is 51.3 Å². The molecule has 3 heterocycles. The van der Waals surface area contributed by atoms with Gasteiger partial charge < -0.3 is 20.7 Å². The maximum Gasteiger partial charge on any atom is 0.475 e. The molecule has 2 saturated heterocycles. The molecule has 0 unspecified atom stereocenters. The molecule has 0 spiro atoms. The van der Waals surface area contributed by atoms with E-state index in [-0.39, 0.29) is 12.4 Å². The van der Waals surface area contributed by atoms with Crippen molar-refractivity contribution in [3.63, 3.8) is 0 Å². The number of benzene rings is 1. The monoisotopic (exact) mass is 457 g/mol. The molecule has 168 valence electrons. The fraction of sp³-hybridized carbons (Fsp3) is 0.444. The Morgan fingerprint density at radius 1 is 1.26 bits per heavy atom. The summed E-state index contributed by atoms with van der Waals surface area (Å²) in [6.45, 7) is -0.371. The second kappa shape index (κ2) is 8.75. The maximum absolute atomic E-state index is 13.1.